The molecule has 0 atom stereocenters. The van der Waals surface area contributed by atoms with Crippen molar-refractivity contribution in [3.8, 4) is 0 Å². The van der Waals surface area contributed by atoms with E-state index in [-0.39, 0.29) is 6.71 Å². The Morgan fingerprint density at radius 2 is 1.09 bits per heavy atom. The topological polar surface area (TPSA) is 6.48 Å². The highest BCUT2D eigenvalue weighted by Gasteiger charge is 2.44. The molecule has 1 aliphatic carbocycles. The first-order valence-corrected chi connectivity index (χ1v) is 11.7. The van der Waals surface area contributed by atoms with E-state index >= 15 is 0 Å². The van der Waals surface area contributed by atoms with Gasteiger partial charge in [-0.2, -0.15) is 0 Å². The number of para-hydroxylation sites is 3. The van der Waals surface area contributed by atoms with Crippen LogP contribution in [0.15, 0.2) is 126 Å². The number of hydrogen-bond donors (Lipinski definition) is 0. The van der Waals surface area contributed by atoms with Crippen molar-refractivity contribution in [1.29, 1.82) is 0 Å². The van der Waals surface area contributed by atoms with E-state index < -0.39 is 0 Å². The Kier molecular flexibility index (Phi) is 4.10. The molecule has 7 rings (SSSR count). The predicted octanol–water partition coefficient (Wildman–Crippen LogP) is 6.37. The van der Waals surface area contributed by atoms with Crippen LogP contribution in [0.25, 0.3) is 0 Å². The maximum absolute atomic E-state index is 2.48. The third-order valence-corrected chi connectivity index (χ3v) is 7.06. The van der Waals surface area contributed by atoms with Gasteiger partial charge in [0.2, 0.25) is 0 Å². The van der Waals surface area contributed by atoms with Crippen LogP contribution in [0, 0.1) is 0 Å². The average molecular weight is 422 g/mol. The van der Waals surface area contributed by atoms with Crippen LogP contribution in [0.1, 0.15) is 12.8 Å². The molecule has 2 heterocycles. The van der Waals surface area contributed by atoms with E-state index in [4.69, 9.17) is 0 Å². The summed E-state index contributed by atoms with van der Waals surface area (Å²) in [6, 6.07) is 37.3. The standard InChI is InChI=1S/C30H23BN2/c1-3-12-22(13-4-1)32-26-18-9-7-16-24(26)31-25-17-8-10-19-27(25)33(23-14-5-2-6-15-23)29-21-11-20-28(32)30(29)31/h1-7,9,11-21H,8,10H2. The second-order valence-corrected chi connectivity index (χ2v) is 8.87. The zero-order chi connectivity index (χ0) is 21.8. The lowest BCUT2D eigenvalue weighted by Gasteiger charge is -2.46. The smallest absolute Gasteiger partial charge is 0.251 e. The Morgan fingerprint density at radius 1 is 0.515 bits per heavy atom. The summed E-state index contributed by atoms with van der Waals surface area (Å²) in [7, 11) is 0. The van der Waals surface area contributed by atoms with Gasteiger partial charge in [-0.05, 0) is 71.7 Å². The monoisotopic (exact) mass is 422 g/mol. The third-order valence-electron chi connectivity index (χ3n) is 7.06. The Morgan fingerprint density at radius 3 is 1.85 bits per heavy atom. The minimum absolute atomic E-state index is 0.249. The van der Waals surface area contributed by atoms with Crippen molar-refractivity contribution < 1.29 is 0 Å². The average Bonchev–Trinajstić information content (AvgIpc) is 2.89. The normalized spacial score (nSPS) is 15.8. The van der Waals surface area contributed by atoms with Crippen molar-refractivity contribution in [1.82, 2.24) is 0 Å². The molecule has 3 heteroatoms. The fourth-order valence-electron chi connectivity index (χ4n) is 5.78. The van der Waals surface area contributed by atoms with E-state index in [0.29, 0.717) is 0 Å². The zero-order valence-corrected chi connectivity index (χ0v) is 18.4. The Hall–Kier alpha value is -3.98. The number of nitrogens with zero attached hydrogens (tertiary/aromatic N) is 2. The molecule has 0 saturated heterocycles. The molecule has 0 amide bonds. The minimum atomic E-state index is 0.249. The van der Waals surface area contributed by atoms with Crippen molar-refractivity contribution in [3.05, 3.63) is 126 Å². The Labute approximate surface area is 195 Å². The molecule has 0 fully saturated rings. The Balaban J connectivity index is 1.57. The van der Waals surface area contributed by atoms with Crippen LogP contribution in [0.2, 0.25) is 0 Å². The van der Waals surface area contributed by atoms with E-state index in [1.807, 2.05) is 0 Å². The van der Waals surface area contributed by atoms with Crippen molar-refractivity contribution in [2.75, 3.05) is 9.80 Å². The lowest BCUT2D eigenvalue weighted by molar-refractivity contribution is 0.984. The van der Waals surface area contributed by atoms with Gasteiger partial charge < -0.3 is 9.80 Å². The number of rotatable bonds is 2. The van der Waals surface area contributed by atoms with Crippen molar-refractivity contribution in [2.45, 2.75) is 12.8 Å². The molecule has 0 unspecified atom stereocenters. The molecule has 0 N–H and O–H groups in total. The van der Waals surface area contributed by atoms with Crippen molar-refractivity contribution in [3.63, 3.8) is 0 Å². The summed E-state index contributed by atoms with van der Waals surface area (Å²) in [6.07, 6.45) is 7.09. The van der Waals surface area contributed by atoms with Gasteiger partial charge in [0.25, 0.3) is 6.71 Å². The van der Waals surface area contributed by atoms with Gasteiger partial charge in [-0.25, -0.2) is 0 Å². The molecule has 0 aromatic heterocycles. The summed E-state index contributed by atoms with van der Waals surface area (Å²) in [4.78, 5) is 4.91. The van der Waals surface area contributed by atoms with Gasteiger partial charge >= 0.3 is 0 Å². The van der Waals surface area contributed by atoms with E-state index in [2.05, 4.69) is 125 Å². The summed E-state index contributed by atoms with van der Waals surface area (Å²) < 4.78 is 0. The lowest BCUT2D eigenvalue weighted by atomic mass is 9.32. The summed E-state index contributed by atoms with van der Waals surface area (Å²) >= 11 is 0. The second-order valence-electron chi connectivity index (χ2n) is 8.87. The zero-order valence-electron chi connectivity index (χ0n) is 18.4. The van der Waals surface area contributed by atoms with Gasteiger partial charge in [0.1, 0.15) is 0 Å². The van der Waals surface area contributed by atoms with Gasteiger partial charge in [-0.15, -0.1) is 0 Å². The van der Waals surface area contributed by atoms with Crippen LogP contribution in [0.5, 0.6) is 0 Å². The van der Waals surface area contributed by atoms with Crippen LogP contribution in [0.4, 0.5) is 28.4 Å². The van der Waals surface area contributed by atoms with Gasteiger partial charge in [0.15, 0.2) is 0 Å². The molecule has 0 bridgehead atoms. The summed E-state index contributed by atoms with van der Waals surface area (Å²) in [5.41, 5.74) is 11.8. The SMILES string of the molecule is C1=C2B3c4ccccc4N(c4ccccc4)c4cccc(c43)N(c3ccccc3)C2=CCC1. The highest BCUT2D eigenvalue weighted by Crippen LogP contribution is 2.45. The summed E-state index contributed by atoms with van der Waals surface area (Å²) in [6.45, 7) is 0.249. The molecule has 0 radical (unpaired) electrons. The van der Waals surface area contributed by atoms with Gasteiger partial charge in [-0.3, -0.25) is 0 Å². The number of hydrogen-bond acceptors (Lipinski definition) is 2. The van der Waals surface area contributed by atoms with Gasteiger partial charge in [0.05, 0.1) is 0 Å². The number of benzene rings is 4. The number of allylic oxidation sites excluding steroid dienone is 3. The molecule has 2 aliphatic heterocycles. The van der Waals surface area contributed by atoms with Crippen LogP contribution in [0.3, 0.4) is 0 Å². The fraction of sp³-hybridized carbons (Fsp3) is 0.0667. The molecule has 156 valence electrons. The molecule has 2 nitrogen and oxygen atoms in total. The maximum atomic E-state index is 2.48. The van der Waals surface area contributed by atoms with Crippen LogP contribution in [-0.2, 0) is 0 Å². The van der Waals surface area contributed by atoms with E-state index in [0.717, 1.165) is 12.8 Å². The molecular weight excluding hydrogens is 399 g/mol. The van der Waals surface area contributed by atoms with Crippen LogP contribution < -0.4 is 20.7 Å². The first-order chi connectivity index (χ1) is 16.4. The van der Waals surface area contributed by atoms with E-state index in [1.54, 1.807) is 0 Å². The number of anilines is 5. The predicted molar refractivity (Wildman–Crippen MR) is 140 cm³/mol. The molecule has 0 spiro atoms. The third kappa shape index (κ3) is 2.69. The van der Waals surface area contributed by atoms with E-state index in [9.17, 15) is 0 Å². The second kappa shape index (κ2) is 7.28. The number of fused-ring (bicyclic) bond motifs is 4. The quantitative estimate of drug-likeness (QED) is 0.346. The molecule has 0 saturated carbocycles. The van der Waals surface area contributed by atoms with Crippen molar-refractivity contribution >= 4 is 46.1 Å². The molecule has 33 heavy (non-hydrogen) atoms. The molecule has 4 aromatic rings. The highest BCUT2D eigenvalue weighted by atomic mass is 15.2. The van der Waals surface area contributed by atoms with Crippen molar-refractivity contribution in [2.24, 2.45) is 0 Å². The van der Waals surface area contributed by atoms with E-state index in [1.165, 1.54) is 50.5 Å². The summed E-state index contributed by atoms with van der Waals surface area (Å²) in [5, 5.41) is 0. The highest BCUT2D eigenvalue weighted by molar-refractivity contribution is 6.96. The first-order valence-electron chi connectivity index (χ1n) is 11.7. The first kappa shape index (κ1) is 18.6. The van der Waals surface area contributed by atoms with Gasteiger partial charge in [0, 0.05) is 34.1 Å². The van der Waals surface area contributed by atoms with Gasteiger partial charge in [-0.1, -0.05) is 72.8 Å². The Bertz CT molecular complexity index is 1420. The minimum Gasteiger partial charge on any atom is -0.312 e. The van der Waals surface area contributed by atoms with Crippen LogP contribution >= 0.6 is 0 Å². The fourth-order valence-corrected chi connectivity index (χ4v) is 5.78. The lowest BCUT2D eigenvalue weighted by Crippen LogP contribution is -2.57. The molecule has 4 aromatic carbocycles. The largest absolute Gasteiger partial charge is 0.312 e. The van der Waals surface area contributed by atoms with Crippen LogP contribution in [-0.4, -0.2) is 6.71 Å². The maximum Gasteiger partial charge on any atom is 0.251 e. The molecule has 3 aliphatic rings. The molecular formula is C30H23BN2. The summed E-state index contributed by atoms with van der Waals surface area (Å²) in [5.74, 6) is 0.